The van der Waals surface area contributed by atoms with E-state index in [1.54, 1.807) is 0 Å². The molecule has 86 valence electrons. The Morgan fingerprint density at radius 2 is 1.59 bits per heavy atom. The first-order valence-corrected chi connectivity index (χ1v) is 6.98. The minimum absolute atomic E-state index is 1.04. The van der Waals surface area contributed by atoms with Crippen LogP contribution in [0.1, 0.15) is 11.1 Å². The lowest BCUT2D eigenvalue weighted by atomic mass is 9.99. The SMILES string of the molecule is Ic1ccc(N2CCc3ccccc3C2)cc1. The Hall–Kier alpha value is -1.03. The summed E-state index contributed by atoms with van der Waals surface area (Å²) < 4.78 is 1.30. The van der Waals surface area contributed by atoms with Crippen LogP contribution in [0.4, 0.5) is 5.69 Å². The monoisotopic (exact) mass is 335 g/mol. The van der Waals surface area contributed by atoms with Crippen LogP contribution in [0, 0.1) is 3.57 Å². The van der Waals surface area contributed by atoms with Crippen LogP contribution < -0.4 is 4.90 Å². The van der Waals surface area contributed by atoms with Crippen molar-refractivity contribution in [3.63, 3.8) is 0 Å². The molecule has 0 spiro atoms. The lowest BCUT2D eigenvalue weighted by Gasteiger charge is -2.30. The Kier molecular flexibility index (Phi) is 3.05. The van der Waals surface area contributed by atoms with Gasteiger partial charge in [0.15, 0.2) is 0 Å². The van der Waals surface area contributed by atoms with E-state index in [9.17, 15) is 0 Å². The third-order valence-electron chi connectivity index (χ3n) is 3.32. The quantitative estimate of drug-likeness (QED) is 0.716. The van der Waals surface area contributed by atoms with Gasteiger partial charge in [-0.1, -0.05) is 24.3 Å². The molecule has 17 heavy (non-hydrogen) atoms. The molecule has 0 N–H and O–H groups in total. The summed E-state index contributed by atoms with van der Waals surface area (Å²) in [6, 6.07) is 17.6. The van der Waals surface area contributed by atoms with Gasteiger partial charge in [0.2, 0.25) is 0 Å². The average Bonchev–Trinajstić information content (AvgIpc) is 2.39. The highest BCUT2D eigenvalue weighted by Crippen LogP contribution is 2.24. The van der Waals surface area contributed by atoms with Crippen LogP contribution in [0.25, 0.3) is 0 Å². The van der Waals surface area contributed by atoms with Gasteiger partial charge in [-0.25, -0.2) is 0 Å². The Bertz CT molecular complexity index is 519. The standard InChI is InChI=1S/C15H14IN/c16-14-5-7-15(8-6-14)17-10-9-12-3-1-2-4-13(12)11-17/h1-8H,9-11H2. The first kappa shape index (κ1) is 11.1. The van der Waals surface area contributed by atoms with Crippen molar-refractivity contribution in [3.05, 3.63) is 63.2 Å². The summed E-state index contributed by atoms with van der Waals surface area (Å²) in [6.07, 6.45) is 1.15. The van der Waals surface area contributed by atoms with Gasteiger partial charge in [0.1, 0.15) is 0 Å². The molecule has 2 aromatic rings. The van der Waals surface area contributed by atoms with Crippen LogP contribution in [0.5, 0.6) is 0 Å². The molecule has 1 heterocycles. The molecule has 0 amide bonds. The van der Waals surface area contributed by atoms with Gasteiger partial charge in [0.25, 0.3) is 0 Å². The Morgan fingerprint density at radius 3 is 2.35 bits per heavy atom. The first-order chi connectivity index (χ1) is 8.33. The second-order valence-electron chi connectivity index (χ2n) is 4.42. The largest absolute Gasteiger partial charge is 0.367 e. The zero-order chi connectivity index (χ0) is 11.7. The number of hydrogen-bond acceptors (Lipinski definition) is 1. The smallest absolute Gasteiger partial charge is 0.0432 e. The molecule has 0 atom stereocenters. The maximum atomic E-state index is 2.46. The summed E-state index contributed by atoms with van der Waals surface area (Å²) in [5, 5.41) is 0. The van der Waals surface area contributed by atoms with Gasteiger partial charge in [0.05, 0.1) is 0 Å². The van der Waals surface area contributed by atoms with Crippen LogP contribution in [0.3, 0.4) is 0 Å². The molecule has 0 saturated carbocycles. The summed E-state index contributed by atoms with van der Waals surface area (Å²) in [6.45, 7) is 2.16. The average molecular weight is 335 g/mol. The van der Waals surface area contributed by atoms with Crippen molar-refractivity contribution in [3.8, 4) is 0 Å². The molecule has 0 aromatic heterocycles. The highest BCUT2D eigenvalue weighted by atomic mass is 127. The van der Waals surface area contributed by atoms with E-state index >= 15 is 0 Å². The van der Waals surface area contributed by atoms with Crippen molar-refractivity contribution < 1.29 is 0 Å². The maximum absolute atomic E-state index is 2.46. The molecule has 0 fully saturated rings. The van der Waals surface area contributed by atoms with Crippen molar-refractivity contribution in [2.75, 3.05) is 11.4 Å². The number of nitrogens with zero attached hydrogens (tertiary/aromatic N) is 1. The first-order valence-electron chi connectivity index (χ1n) is 5.90. The van der Waals surface area contributed by atoms with Gasteiger partial charge in [-0.2, -0.15) is 0 Å². The van der Waals surface area contributed by atoms with E-state index in [2.05, 4.69) is 76.0 Å². The number of rotatable bonds is 1. The second kappa shape index (κ2) is 4.69. The summed E-state index contributed by atoms with van der Waals surface area (Å²) in [4.78, 5) is 2.46. The zero-order valence-electron chi connectivity index (χ0n) is 9.57. The van der Waals surface area contributed by atoms with E-state index in [0.717, 1.165) is 19.5 Å². The molecule has 1 aliphatic heterocycles. The van der Waals surface area contributed by atoms with E-state index in [1.807, 2.05) is 0 Å². The number of fused-ring (bicyclic) bond motifs is 1. The molecule has 0 aliphatic carbocycles. The fourth-order valence-corrected chi connectivity index (χ4v) is 2.73. The second-order valence-corrected chi connectivity index (χ2v) is 5.66. The lowest BCUT2D eigenvalue weighted by molar-refractivity contribution is 0.732. The zero-order valence-corrected chi connectivity index (χ0v) is 11.7. The lowest BCUT2D eigenvalue weighted by Crippen LogP contribution is -2.30. The maximum Gasteiger partial charge on any atom is 0.0432 e. The molecule has 1 nitrogen and oxygen atoms in total. The highest BCUT2D eigenvalue weighted by Gasteiger charge is 2.15. The summed E-state index contributed by atoms with van der Waals surface area (Å²) in [7, 11) is 0. The summed E-state index contributed by atoms with van der Waals surface area (Å²) in [5.41, 5.74) is 4.31. The Balaban J connectivity index is 1.86. The van der Waals surface area contributed by atoms with E-state index in [4.69, 9.17) is 0 Å². The molecule has 0 unspecified atom stereocenters. The predicted molar refractivity (Wildman–Crippen MR) is 80.4 cm³/mol. The van der Waals surface area contributed by atoms with Gasteiger partial charge in [0, 0.05) is 22.3 Å². The molecular formula is C15H14IN. The molecule has 1 aliphatic rings. The van der Waals surface area contributed by atoms with Gasteiger partial charge >= 0.3 is 0 Å². The van der Waals surface area contributed by atoms with E-state index < -0.39 is 0 Å². The number of benzene rings is 2. The van der Waals surface area contributed by atoms with Crippen molar-refractivity contribution in [2.24, 2.45) is 0 Å². The molecule has 2 heteroatoms. The Morgan fingerprint density at radius 1 is 0.882 bits per heavy atom. The predicted octanol–water partition coefficient (Wildman–Crippen LogP) is 3.85. The number of hydrogen-bond donors (Lipinski definition) is 0. The van der Waals surface area contributed by atoms with Crippen molar-refractivity contribution in [1.29, 1.82) is 0 Å². The molecule has 2 aromatic carbocycles. The van der Waals surface area contributed by atoms with E-state index in [0.29, 0.717) is 0 Å². The fourth-order valence-electron chi connectivity index (χ4n) is 2.37. The van der Waals surface area contributed by atoms with Crippen LogP contribution in [0.15, 0.2) is 48.5 Å². The molecule has 0 bridgehead atoms. The van der Waals surface area contributed by atoms with Gasteiger partial charge in [-0.3, -0.25) is 0 Å². The van der Waals surface area contributed by atoms with Gasteiger partial charge in [-0.15, -0.1) is 0 Å². The van der Waals surface area contributed by atoms with Crippen LogP contribution in [-0.2, 0) is 13.0 Å². The normalized spacial score (nSPS) is 14.5. The molecule has 0 radical (unpaired) electrons. The topological polar surface area (TPSA) is 3.24 Å². The number of halogens is 1. The highest BCUT2D eigenvalue weighted by molar-refractivity contribution is 14.1. The minimum Gasteiger partial charge on any atom is -0.367 e. The van der Waals surface area contributed by atoms with Crippen molar-refractivity contribution >= 4 is 28.3 Å². The van der Waals surface area contributed by atoms with E-state index in [1.165, 1.54) is 20.4 Å². The number of anilines is 1. The van der Waals surface area contributed by atoms with Crippen LogP contribution in [-0.4, -0.2) is 6.54 Å². The third kappa shape index (κ3) is 2.32. The summed E-state index contributed by atoms with van der Waals surface area (Å²) >= 11 is 2.35. The third-order valence-corrected chi connectivity index (χ3v) is 4.04. The van der Waals surface area contributed by atoms with E-state index in [-0.39, 0.29) is 0 Å². The molecular weight excluding hydrogens is 321 g/mol. The Labute approximate surface area is 116 Å². The van der Waals surface area contributed by atoms with Gasteiger partial charge < -0.3 is 4.90 Å². The van der Waals surface area contributed by atoms with Crippen LogP contribution >= 0.6 is 22.6 Å². The summed E-state index contributed by atoms with van der Waals surface area (Å²) in [5.74, 6) is 0. The van der Waals surface area contributed by atoms with Crippen LogP contribution in [0.2, 0.25) is 0 Å². The fraction of sp³-hybridized carbons (Fsp3) is 0.200. The molecule has 0 saturated heterocycles. The van der Waals surface area contributed by atoms with Crippen molar-refractivity contribution in [1.82, 2.24) is 0 Å². The van der Waals surface area contributed by atoms with Crippen molar-refractivity contribution in [2.45, 2.75) is 13.0 Å². The van der Waals surface area contributed by atoms with Gasteiger partial charge in [-0.05, 0) is 64.4 Å². The molecule has 3 rings (SSSR count). The minimum atomic E-state index is 1.04.